The summed E-state index contributed by atoms with van der Waals surface area (Å²) in [6, 6.07) is 4.73. The van der Waals surface area contributed by atoms with Gasteiger partial charge in [-0.1, -0.05) is 32.4 Å². The Morgan fingerprint density at radius 1 is 1.47 bits per heavy atom. The van der Waals surface area contributed by atoms with Crippen LogP contribution in [-0.2, 0) is 0 Å². The summed E-state index contributed by atoms with van der Waals surface area (Å²) in [4.78, 5) is 11.9. The number of aliphatic hydroxyl groups excluding tert-OH is 1. The monoisotopic (exact) mass is 284 g/mol. The predicted molar refractivity (Wildman–Crippen MR) is 78.3 cm³/mol. The van der Waals surface area contributed by atoms with E-state index in [1.54, 1.807) is 12.1 Å². The largest absolute Gasteiger partial charge is 0.399 e. The summed E-state index contributed by atoms with van der Waals surface area (Å²) in [5, 5.41) is 12.8. The second-order valence-electron chi connectivity index (χ2n) is 5.87. The highest BCUT2D eigenvalue weighted by atomic mass is 35.5. The van der Waals surface area contributed by atoms with Crippen LogP contribution in [0.25, 0.3) is 0 Å². The molecule has 0 radical (unpaired) electrons. The number of nitrogen functional groups attached to an aromatic ring is 1. The van der Waals surface area contributed by atoms with Crippen LogP contribution in [0.4, 0.5) is 5.69 Å². The highest BCUT2D eigenvalue weighted by Crippen LogP contribution is 2.21. The number of aliphatic hydroxyl groups is 1. The number of benzene rings is 1. The van der Waals surface area contributed by atoms with Gasteiger partial charge in [-0.3, -0.25) is 4.79 Å². The van der Waals surface area contributed by atoms with E-state index in [1.807, 2.05) is 20.8 Å². The summed E-state index contributed by atoms with van der Waals surface area (Å²) in [7, 11) is 0. The van der Waals surface area contributed by atoms with E-state index < -0.39 is 6.10 Å². The zero-order valence-electron chi connectivity index (χ0n) is 11.5. The molecule has 4 N–H and O–H groups in total. The molecule has 0 aliphatic heterocycles. The van der Waals surface area contributed by atoms with Gasteiger partial charge in [-0.25, -0.2) is 0 Å². The normalized spacial score (nSPS) is 13.1. The lowest BCUT2D eigenvalue weighted by atomic mass is 9.89. The average molecular weight is 285 g/mol. The van der Waals surface area contributed by atoms with Gasteiger partial charge in [0.2, 0.25) is 0 Å². The molecule has 0 aliphatic carbocycles. The van der Waals surface area contributed by atoms with Gasteiger partial charge >= 0.3 is 0 Å². The number of nitrogens with two attached hydrogens (primary N) is 1. The first kappa shape index (κ1) is 15.8. The molecular formula is C14H21ClN2O2. The maximum absolute atomic E-state index is 11.9. The van der Waals surface area contributed by atoms with E-state index in [2.05, 4.69) is 5.32 Å². The van der Waals surface area contributed by atoms with Gasteiger partial charge in [0.15, 0.2) is 0 Å². The van der Waals surface area contributed by atoms with Crippen LogP contribution in [0.5, 0.6) is 0 Å². The highest BCUT2D eigenvalue weighted by Gasteiger charge is 2.18. The summed E-state index contributed by atoms with van der Waals surface area (Å²) in [6.45, 7) is 6.30. The van der Waals surface area contributed by atoms with E-state index in [4.69, 9.17) is 17.3 Å². The third-order valence-corrected chi connectivity index (χ3v) is 2.91. The first-order valence-electron chi connectivity index (χ1n) is 6.20. The van der Waals surface area contributed by atoms with Gasteiger partial charge in [-0.05, 0) is 30.0 Å². The SMILES string of the molecule is CC(C)(C)CC(O)CNC(=O)c1cc(N)ccc1Cl. The Bertz CT molecular complexity index is 455. The molecular weight excluding hydrogens is 264 g/mol. The Morgan fingerprint density at radius 3 is 2.68 bits per heavy atom. The number of halogens is 1. The Balaban J connectivity index is 2.58. The molecule has 106 valence electrons. The third-order valence-electron chi connectivity index (χ3n) is 2.58. The molecule has 0 bridgehead atoms. The van der Waals surface area contributed by atoms with E-state index in [0.29, 0.717) is 22.7 Å². The number of nitrogens with one attached hydrogen (secondary N) is 1. The predicted octanol–water partition coefficient (Wildman–Crippen LogP) is 2.45. The van der Waals surface area contributed by atoms with E-state index >= 15 is 0 Å². The fraction of sp³-hybridized carbons (Fsp3) is 0.500. The minimum absolute atomic E-state index is 0.0129. The number of hydrogen-bond acceptors (Lipinski definition) is 3. The van der Waals surface area contributed by atoms with Crippen LogP contribution in [0, 0.1) is 5.41 Å². The molecule has 0 saturated carbocycles. The Morgan fingerprint density at radius 2 is 2.11 bits per heavy atom. The number of anilines is 1. The van der Waals surface area contributed by atoms with E-state index in [1.165, 1.54) is 6.07 Å². The molecule has 1 unspecified atom stereocenters. The molecule has 1 aromatic rings. The molecule has 0 fully saturated rings. The van der Waals surface area contributed by atoms with Crippen LogP contribution in [0.3, 0.4) is 0 Å². The van der Waals surface area contributed by atoms with Gasteiger partial charge in [0.25, 0.3) is 5.91 Å². The Labute approximate surface area is 118 Å². The maximum Gasteiger partial charge on any atom is 0.252 e. The van der Waals surface area contributed by atoms with Gasteiger partial charge in [0.05, 0.1) is 16.7 Å². The van der Waals surface area contributed by atoms with Crippen LogP contribution in [0.2, 0.25) is 5.02 Å². The Kier molecular flexibility index (Phi) is 5.20. The van der Waals surface area contributed by atoms with Gasteiger partial charge in [-0.2, -0.15) is 0 Å². The highest BCUT2D eigenvalue weighted by molar-refractivity contribution is 6.34. The smallest absolute Gasteiger partial charge is 0.252 e. The van der Waals surface area contributed by atoms with Gasteiger partial charge < -0.3 is 16.2 Å². The Hall–Kier alpha value is -1.26. The third kappa shape index (κ3) is 5.49. The van der Waals surface area contributed by atoms with Crippen molar-refractivity contribution in [3.8, 4) is 0 Å². The molecule has 0 aromatic heterocycles. The lowest BCUT2D eigenvalue weighted by molar-refractivity contribution is 0.0869. The van der Waals surface area contributed by atoms with Crippen LogP contribution in [-0.4, -0.2) is 23.7 Å². The minimum atomic E-state index is -0.580. The average Bonchev–Trinajstić information content (AvgIpc) is 2.27. The van der Waals surface area contributed by atoms with Crippen molar-refractivity contribution in [1.29, 1.82) is 0 Å². The van der Waals surface area contributed by atoms with Crippen LogP contribution in [0.1, 0.15) is 37.6 Å². The van der Waals surface area contributed by atoms with Crippen molar-refractivity contribution in [3.05, 3.63) is 28.8 Å². The fourth-order valence-corrected chi connectivity index (χ4v) is 2.01. The molecule has 19 heavy (non-hydrogen) atoms. The summed E-state index contributed by atoms with van der Waals surface area (Å²) in [6.07, 6.45) is 0.0292. The van der Waals surface area contributed by atoms with E-state index in [9.17, 15) is 9.90 Å². The van der Waals surface area contributed by atoms with Crippen molar-refractivity contribution in [2.24, 2.45) is 5.41 Å². The quantitative estimate of drug-likeness (QED) is 0.744. The molecule has 1 atom stereocenters. The number of rotatable bonds is 4. The summed E-state index contributed by atoms with van der Waals surface area (Å²) < 4.78 is 0. The zero-order valence-corrected chi connectivity index (χ0v) is 12.3. The number of carbonyl (C=O) groups is 1. The molecule has 0 heterocycles. The second kappa shape index (κ2) is 6.26. The second-order valence-corrected chi connectivity index (χ2v) is 6.28. The number of hydrogen-bond donors (Lipinski definition) is 3. The zero-order chi connectivity index (χ0) is 14.6. The molecule has 5 heteroatoms. The summed E-state index contributed by atoms with van der Waals surface area (Å²) >= 11 is 5.93. The topological polar surface area (TPSA) is 75.3 Å². The molecule has 1 rings (SSSR count). The van der Waals surface area contributed by atoms with Crippen molar-refractivity contribution in [3.63, 3.8) is 0 Å². The number of carbonyl (C=O) groups excluding carboxylic acids is 1. The van der Waals surface area contributed by atoms with Crippen molar-refractivity contribution in [1.82, 2.24) is 5.32 Å². The lowest BCUT2D eigenvalue weighted by Gasteiger charge is -2.22. The lowest BCUT2D eigenvalue weighted by Crippen LogP contribution is -2.34. The maximum atomic E-state index is 11.9. The molecule has 0 saturated heterocycles. The van der Waals surface area contributed by atoms with Crippen molar-refractivity contribution < 1.29 is 9.90 Å². The molecule has 4 nitrogen and oxygen atoms in total. The van der Waals surface area contributed by atoms with Crippen LogP contribution in [0.15, 0.2) is 18.2 Å². The molecule has 0 spiro atoms. The van der Waals surface area contributed by atoms with Crippen LogP contribution < -0.4 is 11.1 Å². The van der Waals surface area contributed by atoms with Crippen molar-refractivity contribution in [2.45, 2.75) is 33.3 Å². The summed E-state index contributed by atoms with van der Waals surface area (Å²) in [5.74, 6) is -0.328. The van der Waals surface area contributed by atoms with Gasteiger partial charge in [-0.15, -0.1) is 0 Å². The van der Waals surface area contributed by atoms with E-state index in [0.717, 1.165) is 0 Å². The first-order valence-corrected chi connectivity index (χ1v) is 6.58. The van der Waals surface area contributed by atoms with Crippen LogP contribution >= 0.6 is 11.6 Å². The first-order chi connectivity index (χ1) is 8.69. The summed E-state index contributed by atoms with van der Waals surface area (Å²) in [5.41, 5.74) is 6.43. The fourth-order valence-electron chi connectivity index (χ4n) is 1.80. The molecule has 1 amide bonds. The van der Waals surface area contributed by atoms with E-state index in [-0.39, 0.29) is 17.9 Å². The minimum Gasteiger partial charge on any atom is -0.399 e. The molecule has 0 aliphatic rings. The molecule has 1 aromatic carbocycles. The van der Waals surface area contributed by atoms with Gasteiger partial charge in [0.1, 0.15) is 0 Å². The van der Waals surface area contributed by atoms with Crippen molar-refractivity contribution in [2.75, 3.05) is 12.3 Å². The number of amides is 1. The standard InChI is InChI=1S/C14H21ClN2O2/c1-14(2,3)7-10(18)8-17-13(19)11-6-9(16)4-5-12(11)15/h4-6,10,18H,7-8,16H2,1-3H3,(H,17,19). The van der Waals surface area contributed by atoms with Gasteiger partial charge in [0, 0.05) is 12.2 Å². The van der Waals surface area contributed by atoms with Crippen molar-refractivity contribution >= 4 is 23.2 Å².